The lowest BCUT2D eigenvalue weighted by molar-refractivity contribution is -0.122. The molecule has 2 rings (SSSR count). The quantitative estimate of drug-likeness (QED) is 0.767. The molecule has 1 heterocycles. The van der Waals surface area contributed by atoms with E-state index in [1.165, 1.54) is 13.2 Å². The van der Waals surface area contributed by atoms with Crippen LogP contribution in [0.15, 0.2) is 28.7 Å². The van der Waals surface area contributed by atoms with Gasteiger partial charge in [-0.1, -0.05) is 12.1 Å². The molecule has 1 aromatic carbocycles. The number of nitrogens with one attached hydrogen (secondary N) is 1. The highest BCUT2D eigenvalue weighted by Gasteiger charge is 2.17. The fourth-order valence-electron chi connectivity index (χ4n) is 2.50. The number of aryl methyl sites for hydroxylation is 2. The van der Waals surface area contributed by atoms with Gasteiger partial charge in [0.2, 0.25) is 5.91 Å². The zero-order chi connectivity index (χ0) is 19.3. The zero-order valence-electron chi connectivity index (χ0n) is 15.4. The Kier molecular flexibility index (Phi) is 6.52. The summed E-state index contributed by atoms with van der Waals surface area (Å²) in [5.41, 5.74) is 1.65. The molecule has 0 saturated heterocycles. The molecule has 0 radical (unpaired) electrons. The Bertz CT molecular complexity index is 801. The monoisotopic (exact) mass is 362 g/mol. The first-order chi connectivity index (χ1) is 12.3. The third-order valence-electron chi connectivity index (χ3n) is 3.94. The molecule has 140 valence electrons. The number of rotatable bonds is 7. The van der Waals surface area contributed by atoms with Crippen molar-refractivity contribution in [1.29, 1.82) is 0 Å². The van der Waals surface area contributed by atoms with Gasteiger partial charge in [-0.15, -0.1) is 0 Å². The first-order valence-electron chi connectivity index (χ1n) is 8.18. The van der Waals surface area contributed by atoms with Crippen LogP contribution in [0.1, 0.15) is 33.0 Å². The molecule has 0 aliphatic carbocycles. The van der Waals surface area contributed by atoms with Crippen molar-refractivity contribution in [1.82, 2.24) is 10.2 Å². The molecule has 0 spiro atoms. The maximum atomic E-state index is 13.5. The summed E-state index contributed by atoms with van der Waals surface area (Å²) < 4.78 is 23.7. The predicted molar refractivity (Wildman–Crippen MR) is 94.1 cm³/mol. The summed E-state index contributed by atoms with van der Waals surface area (Å²) in [5, 5.41) is 2.75. The molecule has 6 nitrogen and oxygen atoms in total. The Hall–Kier alpha value is -2.67. The van der Waals surface area contributed by atoms with Gasteiger partial charge in [0, 0.05) is 6.54 Å². The van der Waals surface area contributed by atoms with E-state index in [2.05, 4.69) is 10.1 Å². The molecule has 1 amide bonds. The minimum Gasteiger partial charge on any atom is -0.465 e. The number of halogens is 1. The van der Waals surface area contributed by atoms with Crippen LogP contribution in [0, 0.1) is 19.7 Å². The summed E-state index contributed by atoms with van der Waals surface area (Å²) in [5.74, 6) is 0.113. The van der Waals surface area contributed by atoms with Gasteiger partial charge in [0.1, 0.15) is 22.9 Å². The van der Waals surface area contributed by atoms with E-state index in [1.54, 1.807) is 44.0 Å². The largest absolute Gasteiger partial charge is 0.465 e. The van der Waals surface area contributed by atoms with E-state index in [0.717, 1.165) is 0 Å². The molecule has 0 saturated carbocycles. The second-order valence-corrected chi connectivity index (χ2v) is 6.21. The van der Waals surface area contributed by atoms with E-state index >= 15 is 0 Å². The maximum Gasteiger partial charge on any atom is 0.341 e. The van der Waals surface area contributed by atoms with Crippen molar-refractivity contribution in [2.75, 3.05) is 20.7 Å². The number of furan rings is 1. The first kappa shape index (κ1) is 19.7. The minimum absolute atomic E-state index is 0.141. The Labute approximate surface area is 151 Å². The van der Waals surface area contributed by atoms with Gasteiger partial charge >= 0.3 is 5.97 Å². The molecule has 2 aromatic rings. The number of carbonyl (C=O) groups is 2. The smallest absolute Gasteiger partial charge is 0.341 e. The summed E-state index contributed by atoms with van der Waals surface area (Å²) >= 11 is 0. The minimum atomic E-state index is -0.455. The highest BCUT2D eigenvalue weighted by molar-refractivity contribution is 5.90. The Morgan fingerprint density at radius 1 is 1.27 bits per heavy atom. The van der Waals surface area contributed by atoms with Gasteiger partial charge in [-0.05, 0) is 44.2 Å². The topological polar surface area (TPSA) is 71.8 Å². The van der Waals surface area contributed by atoms with E-state index in [-0.39, 0.29) is 24.8 Å². The van der Waals surface area contributed by atoms with Crippen LogP contribution in [0.25, 0.3) is 0 Å². The van der Waals surface area contributed by atoms with E-state index in [9.17, 15) is 14.0 Å². The van der Waals surface area contributed by atoms with Gasteiger partial charge in [0.25, 0.3) is 0 Å². The van der Waals surface area contributed by atoms with Crippen molar-refractivity contribution in [3.63, 3.8) is 0 Å². The number of methoxy groups -OCH3 is 1. The fraction of sp³-hybridized carbons (Fsp3) is 0.368. The van der Waals surface area contributed by atoms with Gasteiger partial charge in [0.05, 0.1) is 20.2 Å². The summed E-state index contributed by atoms with van der Waals surface area (Å²) in [6.45, 7) is 4.14. The number of ether oxygens (including phenoxy) is 1. The molecule has 0 aliphatic heterocycles. The van der Waals surface area contributed by atoms with E-state index in [4.69, 9.17) is 4.42 Å². The third kappa shape index (κ3) is 5.16. The highest BCUT2D eigenvalue weighted by Crippen LogP contribution is 2.17. The first-order valence-corrected chi connectivity index (χ1v) is 8.18. The number of nitrogens with zero attached hydrogens (tertiary/aromatic N) is 1. The molecular weight excluding hydrogens is 339 g/mol. The van der Waals surface area contributed by atoms with Crippen LogP contribution in [0.5, 0.6) is 0 Å². The number of hydrogen-bond acceptors (Lipinski definition) is 5. The Balaban J connectivity index is 1.85. The fourth-order valence-corrected chi connectivity index (χ4v) is 2.50. The van der Waals surface area contributed by atoms with Crippen molar-refractivity contribution in [2.45, 2.75) is 26.9 Å². The summed E-state index contributed by atoms with van der Waals surface area (Å²) in [7, 11) is 3.08. The van der Waals surface area contributed by atoms with Crippen LogP contribution in [-0.4, -0.2) is 37.5 Å². The number of hydrogen-bond donors (Lipinski definition) is 1. The van der Waals surface area contributed by atoms with E-state index < -0.39 is 5.97 Å². The number of likely N-dealkylation sites (N-methyl/N-ethyl adjacent to an activating group) is 1. The SMILES string of the molecule is COC(=O)c1cc(CN(C)CC(=O)NCc2ccc(C)c(F)c2)oc1C. The lowest BCUT2D eigenvalue weighted by Crippen LogP contribution is -2.34. The number of benzene rings is 1. The van der Waals surface area contributed by atoms with Crippen molar-refractivity contribution < 1.29 is 23.1 Å². The molecule has 0 aliphatic rings. The lowest BCUT2D eigenvalue weighted by Gasteiger charge is -2.15. The van der Waals surface area contributed by atoms with Crippen LogP contribution >= 0.6 is 0 Å². The predicted octanol–water partition coefficient (Wildman–Crippen LogP) is 2.57. The molecule has 7 heteroatoms. The van der Waals surface area contributed by atoms with Crippen molar-refractivity contribution >= 4 is 11.9 Å². The molecule has 0 atom stereocenters. The van der Waals surface area contributed by atoms with Crippen LogP contribution in [0.2, 0.25) is 0 Å². The van der Waals surface area contributed by atoms with Gasteiger partial charge in [0.15, 0.2) is 0 Å². The molecular formula is C19H23FN2O4. The average Bonchev–Trinajstić information content (AvgIpc) is 2.95. The standard InChI is InChI=1S/C19H23FN2O4/c1-12-5-6-14(7-17(12)20)9-21-18(23)11-22(3)10-15-8-16(13(2)26-15)19(24)25-4/h5-8H,9-11H2,1-4H3,(H,21,23). The van der Waals surface area contributed by atoms with Crippen molar-refractivity contribution in [3.05, 3.63) is 58.3 Å². The van der Waals surface area contributed by atoms with Crippen LogP contribution in [0.4, 0.5) is 4.39 Å². The number of esters is 1. The van der Waals surface area contributed by atoms with Gasteiger partial charge in [-0.2, -0.15) is 0 Å². The second kappa shape index (κ2) is 8.62. The van der Waals surface area contributed by atoms with Crippen molar-refractivity contribution in [2.24, 2.45) is 0 Å². The molecule has 0 fully saturated rings. The van der Waals surface area contributed by atoms with E-state index in [0.29, 0.717) is 34.8 Å². The Morgan fingerprint density at radius 2 is 2.00 bits per heavy atom. The van der Waals surface area contributed by atoms with Crippen LogP contribution < -0.4 is 5.32 Å². The second-order valence-electron chi connectivity index (χ2n) is 6.21. The third-order valence-corrected chi connectivity index (χ3v) is 3.94. The number of carbonyl (C=O) groups excluding carboxylic acids is 2. The zero-order valence-corrected chi connectivity index (χ0v) is 15.4. The molecule has 1 aromatic heterocycles. The van der Waals surface area contributed by atoms with Crippen LogP contribution in [0.3, 0.4) is 0 Å². The lowest BCUT2D eigenvalue weighted by atomic mass is 10.1. The number of amides is 1. The molecule has 0 unspecified atom stereocenters. The van der Waals surface area contributed by atoms with Crippen LogP contribution in [-0.2, 0) is 22.6 Å². The maximum absolute atomic E-state index is 13.5. The summed E-state index contributed by atoms with van der Waals surface area (Å²) in [6.07, 6.45) is 0. The van der Waals surface area contributed by atoms with E-state index in [1.807, 2.05) is 0 Å². The van der Waals surface area contributed by atoms with Gasteiger partial charge in [-0.25, -0.2) is 9.18 Å². The summed E-state index contributed by atoms with van der Waals surface area (Å²) in [6, 6.07) is 6.49. The van der Waals surface area contributed by atoms with Gasteiger partial charge < -0.3 is 14.5 Å². The highest BCUT2D eigenvalue weighted by atomic mass is 19.1. The van der Waals surface area contributed by atoms with Gasteiger partial charge in [-0.3, -0.25) is 9.69 Å². The molecule has 0 bridgehead atoms. The van der Waals surface area contributed by atoms with Crippen molar-refractivity contribution in [3.8, 4) is 0 Å². The molecule has 1 N–H and O–H groups in total. The molecule has 26 heavy (non-hydrogen) atoms. The normalized spacial score (nSPS) is 10.8. The Morgan fingerprint density at radius 3 is 2.65 bits per heavy atom. The average molecular weight is 362 g/mol. The summed E-state index contributed by atoms with van der Waals surface area (Å²) in [4.78, 5) is 25.4.